The van der Waals surface area contributed by atoms with Gasteiger partial charge in [-0.25, -0.2) is 4.79 Å². The van der Waals surface area contributed by atoms with E-state index in [1.54, 1.807) is 18.2 Å². The van der Waals surface area contributed by atoms with Crippen LogP contribution in [-0.4, -0.2) is 17.1 Å². The lowest BCUT2D eigenvalue weighted by Gasteiger charge is -2.11. The highest BCUT2D eigenvalue weighted by atomic mass is 35.5. The zero-order chi connectivity index (χ0) is 14.7. The van der Waals surface area contributed by atoms with E-state index in [1.165, 1.54) is 18.2 Å². The van der Waals surface area contributed by atoms with Crippen molar-refractivity contribution in [2.24, 2.45) is 5.73 Å². The van der Waals surface area contributed by atoms with Crippen LogP contribution in [0.4, 0.5) is 4.79 Å². The van der Waals surface area contributed by atoms with Crippen molar-refractivity contribution >= 4 is 51.9 Å². The molecule has 0 fully saturated rings. The molecule has 0 bridgehead atoms. The number of carbonyl (C=O) groups is 1. The van der Waals surface area contributed by atoms with Crippen molar-refractivity contribution in [2.45, 2.75) is 0 Å². The molecule has 0 saturated carbocycles. The Kier molecular flexibility index (Phi) is 6.35. The largest absolute Gasteiger partial charge is 0.452 e. The fourth-order valence-corrected chi connectivity index (χ4v) is 2.04. The van der Waals surface area contributed by atoms with Crippen LogP contribution in [0.15, 0.2) is 36.4 Å². The van der Waals surface area contributed by atoms with E-state index in [4.69, 9.17) is 50.0 Å². The summed E-state index contributed by atoms with van der Waals surface area (Å²) in [4.78, 5) is 10.9. The van der Waals surface area contributed by atoms with E-state index in [1.807, 2.05) is 0 Å². The fourth-order valence-electron chi connectivity index (χ4n) is 1.43. The molecule has 0 radical (unpaired) electrons. The molecule has 2 rings (SSSR count). The fraction of sp³-hybridized carbons (Fsp3) is 0. The third-order valence-electron chi connectivity index (χ3n) is 2.23. The molecule has 1 amide bonds. The summed E-state index contributed by atoms with van der Waals surface area (Å²) in [6.45, 7) is 0. The minimum atomic E-state index is -0.973. The Hall–Kier alpha value is -1.40. The zero-order valence-corrected chi connectivity index (χ0v) is 12.2. The number of nitrogens with two attached hydrogens (primary N) is 1. The maximum Gasteiger partial charge on any atom is 0.410 e. The van der Waals surface area contributed by atoms with E-state index >= 15 is 0 Å². The molecule has 0 saturated heterocycles. The Morgan fingerprint density at radius 1 is 0.905 bits per heavy atom. The maximum absolute atomic E-state index is 10.9. The summed E-state index contributed by atoms with van der Waals surface area (Å²) in [5.74, 6) is 0.696. The second-order valence-corrected chi connectivity index (χ2v) is 4.97. The van der Waals surface area contributed by atoms with Crippen LogP contribution >= 0.6 is 34.8 Å². The standard InChI is InChI=1S/C13H8Cl3NO3.H4Si/c14-7-1-3-10(9(16)5-7)19-11-4-2-8(15)6-12(11)20-13(17)18;/h1-6H,(H2,17,18);1H4. The van der Waals surface area contributed by atoms with E-state index in [2.05, 4.69) is 0 Å². The predicted molar refractivity (Wildman–Crippen MR) is 89.5 cm³/mol. The highest BCUT2D eigenvalue weighted by Crippen LogP contribution is 2.37. The van der Waals surface area contributed by atoms with Crippen molar-refractivity contribution in [1.29, 1.82) is 0 Å². The lowest BCUT2D eigenvalue weighted by atomic mass is 10.3. The number of hydrogen-bond donors (Lipinski definition) is 1. The summed E-state index contributed by atoms with van der Waals surface area (Å²) >= 11 is 17.6. The van der Waals surface area contributed by atoms with Crippen molar-refractivity contribution in [1.82, 2.24) is 0 Å². The summed E-state index contributed by atoms with van der Waals surface area (Å²) in [5.41, 5.74) is 4.98. The lowest BCUT2D eigenvalue weighted by Crippen LogP contribution is -2.16. The first kappa shape index (κ1) is 17.6. The summed E-state index contributed by atoms with van der Waals surface area (Å²) < 4.78 is 10.4. The van der Waals surface area contributed by atoms with Crippen molar-refractivity contribution in [3.8, 4) is 17.2 Å². The molecule has 8 heteroatoms. The number of rotatable bonds is 3. The van der Waals surface area contributed by atoms with Gasteiger partial charge in [0.1, 0.15) is 5.75 Å². The summed E-state index contributed by atoms with van der Waals surface area (Å²) in [6, 6.07) is 9.26. The Labute approximate surface area is 140 Å². The van der Waals surface area contributed by atoms with Crippen LogP contribution in [0.3, 0.4) is 0 Å². The van der Waals surface area contributed by atoms with Crippen LogP contribution in [0.2, 0.25) is 15.1 Å². The van der Waals surface area contributed by atoms with Gasteiger partial charge in [-0.05, 0) is 41.3 Å². The minimum Gasteiger partial charge on any atom is -0.452 e. The average Bonchev–Trinajstić information content (AvgIpc) is 2.34. The van der Waals surface area contributed by atoms with Crippen LogP contribution in [0, 0.1) is 0 Å². The van der Waals surface area contributed by atoms with Gasteiger partial charge in [0.25, 0.3) is 0 Å². The maximum atomic E-state index is 10.9. The quantitative estimate of drug-likeness (QED) is 0.849. The van der Waals surface area contributed by atoms with Crippen LogP contribution in [0.5, 0.6) is 17.2 Å². The molecular weight excluding hydrogens is 353 g/mol. The predicted octanol–water partition coefficient (Wildman–Crippen LogP) is 3.45. The molecule has 0 aliphatic carbocycles. The molecular formula is C13H12Cl3NO3Si. The summed E-state index contributed by atoms with van der Waals surface area (Å²) in [5, 5.41) is 1.17. The van der Waals surface area contributed by atoms with Gasteiger partial charge in [0, 0.05) is 16.1 Å². The third kappa shape index (κ3) is 4.82. The van der Waals surface area contributed by atoms with Gasteiger partial charge in [-0.2, -0.15) is 0 Å². The minimum absolute atomic E-state index is 0. The first-order chi connectivity index (χ1) is 9.45. The van der Waals surface area contributed by atoms with Gasteiger partial charge in [0.15, 0.2) is 11.5 Å². The van der Waals surface area contributed by atoms with Gasteiger partial charge in [-0.15, -0.1) is 0 Å². The molecule has 4 nitrogen and oxygen atoms in total. The Balaban J connectivity index is 0.00000220. The number of ether oxygens (including phenoxy) is 2. The van der Waals surface area contributed by atoms with Crippen molar-refractivity contribution < 1.29 is 14.3 Å². The van der Waals surface area contributed by atoms with E-state index in [0.29, 0.717) is 20.8 Å². The van der Waals surface area contributed by atoms with Crippen LogP contribution in [0.1, 0.15) is 0 Å². The molecule has 0 aromatic heterocycles. The molecule has 112 valence electrons. The SMILES string of the molecule is NC(=O)Oc1cc(Cl)ccc1Oc1ccc(Cl)cc1Cl.[SiH4]. The number of hydrogen-bond acceptors (Lipinski definition) is 3. The lowest BCUT2D eigenvalue weighted by molar-refractivity contribution is 0.209. The molecule has 21 heavy (non-hydrogen) atoms. The molecule has 0 unspecified atom stereocenters. The van der Waals surface area contributed by atoms with Gasteiger partial charge in [-0.1, -0.05) is 34.8 Å². The number of amides is 1. The van der Waals surface area contributed by atoms with Crippen molar-refractivity contribution in [3.63, 3.8) is 0 Å². The average molecular weight is 365 g/mol. The smallest absolute Gasteiger partial charge is 0.410 e. The van der Waals surface area contributed by atoms with E-state index in [0.717, 1.165) is 0 Å². The Morgan fingerprint density at radius 3 is 2.05 bits per heavy atom. The van der Waals surface area contributed by atoms with Gasteiger partial charge < -0.3 is 15.2 Å². The first-order valence-corrected chi connectivity index (χ1v) is 6.49. The molecule has 0 aliphatic rings. The second kappa shape index (κ2) is 7.56. The van der Waals surface area contributed by atoms with Crippen molar-refractivity contribution in [3.05, 3.63) is 51.5 Å². The van der Waals surface area contributed by atoms with E-state index in [-0.39, 0.29) is 22.5 Å². The first-order valence-electron chi connectivity index (χ1n) is 5.35. The highest BCUT2D eigenvalue weighted by molar-refractivity contribution is 6.35. The second-order valence-electron chi connectivity index (χ2n) is 3.69. The molecule has 0 spiro atoms. The summed E-state index contributed by atoms with van der Waals surface area (Å²) in [7, 11) is 0. The van der Waals surface area contributed by atoms with Crippen LogP contribution in [0.25, 0.3) is 0 Å². The zero-order valence-electron chi connectivity index (χ0n) is 9.90. The van der Waals surface area contributed by atoms with Crippen molar-refractivity contribution in [2.75, 3.05) is 0 Å². The third-order valence-corrected chi connectivity index (χ3v) is 3.00. The number of halogens is 3. The Morgan fingerprint density at radius 2 is 1.48 bits per heavy atom. The molecule has 0 atom stereocenters. The Bertz CT molecular complexity index is 667. The normalized spacial score (nSPS) is 9.67. The van der Waals surface area contributed by atoms with Gasteiger partial charge >= 0.3 is 6.09 Å². The monoisotopic (exact) mass is 363 g/mol. The molecule has 0 heterocycles. The van der Waals surface area contributed by atoms with E-state index in [9.17, 15) is 4.79 Å². The van der Waals surface area contributed by atoms with Gasteiger partial charge in [0.05, 0.1) is 5.02 Å². The van der Waals surface area contributed by atoms with Gasteiger partial charge in [0.2, 0.25) is 0 Å². The van der Waals surface area contributed by atoms with Gasteiger partial charge in [-0.3, -0.25) is 0 Å². The number of benzene rings is 2. The molecule has 2 aromatic rings. The molecule has 2 aromatic carbocycles. The molecule has 0 aliphatic heterocycles. The van der Waals surface area contributed by atoms with E-state index < -0.39 is 6.09 Å². The number of primary amides is 1. The molecule has 2 N–H and O–H groups in total. The van der Waals surface area contributed by atoms with Crippen LogP contribution < -0.4 is 15.2 Å². The highest BCUT2D eigenvalue weighted by Gasteiger charge is 2.12. The summed E-state index contributed by atoms with van der Waals surface area (Å²) in [6.07, 6.45) is -0.973. The topological polar surface area (TPSA) is 61.6 Å². The number of carbonyl (C=O) groups excluding carboxylic acids is 1. The van der Waals surface area contributed by atoms with Crippen LogP contribution in [-0.2, 0) is 0 Å².